The molecule has 1 heterocycles. The Bertz CT molecular complexity index is 844. The number of nitrogens with zero attached hydrogens (tertiary/aromatic N) is 2. The van der Waals surface area contributed by atoms with E-state index >= 15 is 0 Å². The summed E-state index contributed by atoms with van der Waals surface area (Å²) in [4.78, 5) is 28.1. The van der Waals surface area contributed by atoms with Gasteiger partial charge >= 0.3 is 6.18 Å². The number of carbonyl (C=O) groups excluding carboxylic acids is 1. The Morgan fingerprint density at radius 1 is 1.32 bits per heavy atom. The van der Waals surface area contributed by atoms with Crippen LogP contribution in [-0.2, 0) is 17.6 Å². The lowest BCUT2D eigenvalue weighted by molar-refractivity contribution is -0.138. The van der Waals surface area contributed by atoms with E-state index < -0.39 is 23.2 Å². The molecular formula is C16H14F3N3O3. The molecule has 1 amide bonds. The number of rotatable bonds is 5. The molecule has 6 nitrogen and oxygen atoms in total. The summed E-state index contributed by atoms with van der Waals surface area (Å²) in [6.07, 6.45) is -2.73. The summed E-state index contributed by atoms with van der Waals surface area (Å²) in [6, 6.07) is 7.76. The number of hydrogen-bond donors (Lipinski definition) is 1. The lowest BCUT2D eigenvalue weighted by Crippen LogP contribution is -2.23. The van der Waals surface area contributed by atoms with Crippen LogP contribution in [0.1, 0.15) is 21.5 Å². The highest BCUT2D eigenvalue weighted by atomic mass is 19.4. The molecule has 1 N–H and O–H groups in total. The molecule has 0 saturated carbocycles. The third-order valence-electron chi connectivity index (χ3n) is 3.21. The molecule has 0 unspecified atom stereocenters. The van der Waals surface area contributed by atoms with E-state index in [4.69, 9.17) is 0 Å². The van der Waals surface area contributed by atoms with Crippen molar-refractivity contribution in [3.63, 3.8) is 0 Å². The van der Waals surface area contributed by atoms with Crippen molar-refractivity contribution in [3.8, 4) is 0 Å². The predicted octanol–water partition coefficient (Wildman–Crippen LogP) is 2.23. The molecule has 2 aromatic rings. The molecule has 9 heteroatoms. The number of amides is 1. The van der Waals surface area contributed by atoms with E-state index in [0.717, 1.165) is 29.2 Å². The molecule has 0 radical (unpaired) electrons. The van der Waals surface area contributed by atoms with Gasteiger partial charge in [-0.05, 0) is 23.8 Å². The minimum Gasteiger partial charge on any atom is -0.398 e. The maximum atomic E-state index is 12.8. The fourth-order valence-electron chi connectivity index (χ4n) is 2.05. The van der Waals surface area contributed by atoms with E-state index in [2.05, 4.69) is 15.3 Å². The van der Waals surface area contributed by atoms with Gasteiger partial charge in [0.2, 0.25) is 0 Å². The number of halogens is 3. The SMILES string of the molecule is CON=CNC(=O)c1cccc(Cn2cc(C(F)(F)F)ccc2=O)c1. The fourth-order valence-corrected chi connectivity index (χ4v) is 2.05. The van der Waals surface area contributed by atoms with Gasteiger partial charge in [-0.25, -0.2) is 0 Å². The number of carbonyl (C=O) groups is 1. The van der Waals surface area contributed by atoms with Gasteiger partial charge in [0.15, 0.2) is 0 Å². The second kappa shape index (κ2) is 7.65. The normalized spacial score (nSPS) is 11.5. The number of hydrogen-bond acceptors (Lipinski definition) is 4. The topological polar surface area (TPSA) is 72.7 Å². The molecule has 2 rings (SSSR count). The average molecular weight is 353 g/mol. The lowest BCUT2D eigenvalue weighted by Gasteiger charge is -2.11. The summed E-state index contributed by atoms with van der Waals surface area (Å²) >= 11 is 0. The van der Waals surface area contributed by atoms with E-state index in [9.17, 15) is 22.8 Å². The lowest BCUT2D eigenvalue weighted by atomic mass is 10.1. The Morgan fingerprint density at radius 3 is 2.76 bits per heavy atom. The third-order valence-corrected chi connectivity index (χ3v) is 3.21. The second-order valence-electron chi connectivity index (χ2n) is 4.97. The Morgan fingerprint density at radius 2 is 2.08 bits per heavy atom. The Hall–Kier alpha value is -3.10. The quantitative estimate of drug-likeness (QED) is 0.509. The second-order valence-corrected chi connectivity index (χ2v) is 4.97. The van der Waals surface area contributed by atoms with Gasteiger partial charge in [0.05, 0.1) is 12.1 Å². The van der Waals surface area contributed by atoms with Gasteiger partial charge in [0.1, 0.15) is 13.4 Å². The molecule has 0 aliphatic carbocycles. The van der Waals surface area contributed by atoms with Crippen LogP contribution in [0.15, 0.2) is 52.5 Å². The van der Waals surface area contributed by atoms with Gasteiger partial charge in [0, 0.05) is 17.8 Å². The molecule has 0 fully saturated rings. The standard InChI is InChI=1S/C16H14F3N3O3/c1-25-21-10-20-15(24)12-4-2-3-11(7-12)8-22-9-13(16(17,18)19)5-6-14(22)23/h2-7,9-10H,8H2,1H3,(H,20,21,24). The maximum absolute atomic E-state index is 12.8. The van der Waals surface area contributed by atoms with Gasteiger partial charge in [-0.15, -0.1) is 0 Å². The molecule has 25 heavy (non-hydrogen) atoms. The van der Waals surface area contributed by atoms with E-state index in [-0.39, 0.29) is 12.1 Å². The zero-order valence-electron chi connectivity index (χ0n) is 13.1. The van der Waals surface area contributed by atoms with Crippen LogP contribution in [0.5, 0.6) is 0 Å². The molecule has 0 aliphatic rings. The first-order chi connectivity index (χ1) is 11.8. The van der Waals surface area contributed by atoms with Gasteiger partial charge < -0.3 is 14.7 Å². The molecule has 1 aromatic heterocycles. The number of aromatic nitrogens is 1. The first-order valence-corrected chi connectivity index (χ1v) is 7.04. The van der Waals surface area contributed by atoms with Crippen molar-refractivity contribution in [2.45, 2.75) is 12.7 Å². The molecule has 132 valence electrons. The highest BCUT2D eigenvalue weighted by molar-refractivity contribution is 6.00. The maximum Gasteiger partial charge on any atom is 0.417 e. The predicted molar refractivity (Wildman–Crippen MR) is 84.2 cm³/mol. The van der Waals surface area contributed by atoms with Crippen LogP contribution >= 0.6 is 0 Å². The van der Waals surface area contributed by atoms with Gasteiger partial charge in [-0.3, -0.25) is 9.59 Å². The third kappa shape index (κ3) is 4.93. The minimum atomic E-state index is -4.54. The van der Waals surface area contributed by atoms with Crippen LogP contribution in [0.2, 0.25) is 0 Å². The van der Waals surface area contributed by atoms with Gasteiger partial charge in [-0.1, -0.05) is 17.3 Å². The Kier molecular flexibility index (Phi) is 5.58. The molecule has 0 spiro atoms. The Balaban J connectivity index is 2.24. The number of alkyl halides is 3. The monoisotopic (exact) mass is 353 g/mol. The Labute approximate surface area is 140 Å². The van der Waals surface area contributed by atoms with Crippen molar-refractivity contribution in [1.82, 2.24) is 9.88 Å². The first kappa shape index (κ1) is 18.2. The summed E-state index contributed by atoms with van der Waals surface area (Å²) in [5.41, 5.74) is -0.732. The minimum absolute atomic E-state index is 0.101. The van der Waals surface area contributed by atoms with E-state index in [0.29, 0.717) is 5.56 Å². The summed E-state index contributed by atoms with van der Waals surface area (Å²) in [5, 5.41) is 5.72. The van der Waals surface area contributed by atoms with Crippen LogP contribution in [0.3, 0.4) is 0 Å². The van der Waals surface area contributed by atoms with E-state index in [1.807, 2.05) is 0 Å². The zero-order chi connectivity index (χ0) is 18.4. The molecule has 0 bridgehead atoms. The highest BCUT2D eigenvalue weighted by Crippen LogP contribution is 2.28. The van der Waals surface area contributed by atoms with Crippen LogP contribution in [-0.4, -0.2) is 23.9 Å². The summed E-state index contributed by atoms with van der Waals surface area (Å²) in [5.74, 6) is -0.473. The smallest absolute Gasteiger partial charge is 0.398 e. The molecule has 0 saturated heterocycles. The van der Waals surface area contributed by atoms with Crippen LogP contribution in [0, 0.1) is 0 Å². The summed E-state index contributed by atoms with van der Waals surface area (Å²) in [7, 11) is 1.32. The molecule has 0 aliphatic heterocycles. The van der Waals surface area contributed by atoms with Gasteiger partial charge in [-0.2, -0.15) is 13.2 Å². The number of benzene rings is 1. The summed E-state index contributed by atoms with van der Waals surface area (Å²) in [6.45, 7) is -0.101. The summed E-state index contributed by atoms with van der Waals surface area (Å²) < 4.78 is 39.2. The van der Waals surface area contributed by atoms with Crippen LogP contribution < -0.4 is 10.9 Å². The van der Waals surface area contributed by atoms with Gasteiger partial charge in [0.25, 0.3) is 11.5 Å². The zero-order valence-corrected chi connectivity index (χ0v) is 13.1. The van der Waals surface area contributed by atoms with Crippen LogP contribution in [0.25, 0.3) is 0 Å². The van der Waals surface area contributed by atoms with Crippen LogP contribution in [0.4, 0.5) is 13.2 Å². The molecule has 0 atom stereocenters. The van der Waals surface area contributed by atoms with Crippen molar-refractivity contribution in [3.05, 3.63) is 69.6 Å². The highest BCUT2D eigenvalue weighted by Gasteiger charge is 2.31. The van der Waals surface area contributed by atoms with E-state index in [1.54, 1.807) is 12.1 Å². The molecule has 1 aromatic carbocycles. The van der Waals surface area contributed by atoms with Crippen molar-refractivity contribution in [2.75, 3.05) is 7.11 Å². The van der Waals surface area contributed by atoms with Crippen molar-refractivity contribution in [2.24, 2.45) is 5.16 Å². The number of oxime groups is 1. The largest absolute Gasteiger partial charge is 0.417 e. The fraction of sp³-hybridized carbons (Fsp3) is 0.188. The van der Waals surface area contributed by atoms with Crippen molar-refractivity contribution in [1.29, 1.82) is 0 Å². The first-order valence-electron chi connectivity index (χ1n) is 7.04. The number of pyridine rings is 1. The molecular weight excluding hydrogens is 339 g/mol. The number of nitrogens with one attached hydrogen (secondary N) is 1. The van der Waals surface area contributed by atoms with E-state index in [1.165, 1.54) is 19.2 Å². The average Bonchev–Trinajstić information content (AvgIpc) is 2.56. The van der Waals surface area contributed by atoms with Crippen molar-refractivity contribution >= 4 is 12.2 Å². The van der Waals surface area contributed by atoms with Crippen molar-refractivity contribution < 1.29 is 22.8 Å².